The van der Waals surface area contributed by atoms with E-state index >= 15 is 0 Å². The Morgan fingerprint density at radius 3 is 2.53 bits per heavy atom. The molecule has 0 aliphatic rings. The van der Waals surface area contributed by atoms with Gasteiger partial charge in [-0.25, -0.2) is 8.78 Å². The second-order valence-corrected chi connectivity index (χ2v) is 4.38. The average molecular weight is 356 g/mol. The summed E-state index contributed by atoms with van der Waals surface area (Å²) in [7, 11) is 1.40. The van der Waals surface area contributed by atoms with E-state index < -0.39 is 23.6 Å². The van der Waals surface area contributed by atoms with Crippen molar-refractivity contribution in [3.05, 3.63) is 27.3 Å². The molecule has 17 heavy (non-hydrogen) atoms. The first-order chi connectivity index (χ1) is 7.95. The third kappa shape index (κ3) is 3.86. The summed E-state index contributed by atoms with van der Waals surface area (Å²) in [5.41, 5.74) is 5.48. The minimum atomic E-state index is -0.884. The highest BCUT2D eigenvalue weighted by atomic mass is 127. The van der Waals surface area contributed by atoms with Crippen molar-refractivity contribution in [2.75, 3.05) is 19.0 Å². The van der Waals surface area contributed by atoms with Gasteiger partial charge in [0.05, 0.1) is 10.2 Å². The Morgan fingerprint density at radius 2 is 2.06 bits per heavy atom. The number of carbonyl (C=O) groups is 1. The van der Waals surface area contributed by atoms with E-state index in [-0.39, 0.29) is 15.9 Å². The maximum absolute atomic E-state index is 13.2. The lowest BCUT2D eigenvalue weighted by molar-refractivity contribution is -0.118. The number of rotatable bonds is 4. The molecule has 7 heteroatoms. The SMILES string of the molecule is COCC(N)C(=O)Nc1cc(F)c(I)c(F)c1. The fourth-order valence-electron chi connectivity index (χ4n) is 1.12. The topological polar surface area (TPSA) is 64.3 Å². The van der Waals surface area contributed by atoms with Crippen molar-refractivity contribution in [3.63, 3.8) is 0 Å². The van der Waals surface area contributed by atoms with Crippen molar-refractivity contribution in [1.82, 2.24) is 0 Å². The quantitative estimate of drug-likeness (QED) is 0.635. The number of halogens is 3. The lowest BCUT2D eigenvalue weighted by Crippen LogP contribution is -2.39. The molecule has 1 unspecified atom stereocenters. The van der Waals surface area contributed by atoms with E-state index in [0.717, 1.165) is 12.1 Å². The zero-order valence-corrected chi connectivity index (χ0v) is 11.1. The highest BCUT2D eigenvalue weighted by molar-refractivity contribution is 14.1. The van der Waals surface area contributed by atoms with Gasteiger partial charge in [0.15, 0.2) is 0 Å². The molecule has 0 radical (unpaired) electrons. The fraction of sp³-hybridized carbons (Fsp3) is 0.300. The Balaban J connectivity index is 2.79. The van der Waals surface area contributed by atoms with Gasteiger partial charge in [0.2, 0.25) is 5.91 Å². The molecular formula is C10H11F2IN2O2. The predicted molar refractivity (Wildman–Crippen MR) is 67.6 cm³/mol. The van der Waals surface area contributed by atoms with Crippen LogP contribution in [0.25, 0.3) is 0 Å². The highest BCUT2D eigenvalue weighted by Crippen LogP contribution is 2.20. The predicted octanol–water partition coefficient (Wildman–Crippen LogP) is 1.48. The van der Waals surface area contributed by atoms with E-state index in [9.17, 15) is 13.6 Å². The normalized spacial score (nSPS) is 12.3. The molecule has 1 atom stereocenters. The maximum atomic E-state index is 13.2. The number of hydrogen-bond acceptors (Lipinski definition) is 3. The summed E-state index contributed by atoms with van der Waals surface area (Å²) in [4.78, 5) is 11.4. The monoisotopic (exact) mass is 356 g/mol. The first kappa shape index (κ1) is 14.3. The average Bonchev–Trinajstić information content (AvgIpc) is 2.26. The Kier molecular flexibility index (Phi) is 5.22. The van der Waals surface area contributed by atoms with E-state index in [0.29, 0.717) is 0 Å². The van der Waals surface area contributed by atoms with Gasteiger partial charge in [-0.15, -0.1) is 0 Å². The first-order valence-electron chi connectivity index (χ1n) is 4.65. The molecule has 4 nitrogen and oxygen atoms in total. The molecule has 0 aromatic heterocycles. The molecule has 0 heterocycles. The molecule has 1 aromatic carbocycles. The zero-order chi connectivity index (χ0) is 13.0. The number of carbonyl (C=O) groups excluding carboxylic acids is 1. The molecule has 0 saturated carbocycles. The van der Waals surface area contributed by atoms with Crippen molar-refractivity contribution in [2.24, 2.45) is 5.73 Å². The fourth-order valence-corrected chi connectivity index (χ4v) is 1.43. The van der Waals surface area contributed by atoms with Crippen LogP contribution in [-0.4, -0.2) is 25.7 Å². The number of nitrogens with one attached hydrogen (secondary N) is 1. The molecule has 1 amide bonds. The summed E-state index contributed by atoms with van der Waals surface area (Å²) in [6.45, 7) is 0.0289. The van der Waals surface area contributed by atoms with Gasteiger partial charge in [-0.05, 0) is 34.7 Å². The molecular weight excluding hydrogens is 345 g/mol. The molecule has 0 aliphatic heterocycles. The van der Waals surface area contributed by atoms with Gasteiger partial charge in [0.25, 0.3) is 0 Å². The van der Waals surface area contributed by atoms with E-state index in [1.165, 1.54) is 29.7 Å². The molecule has 1 rings (SSSR count). The molecule has 94 valence electrons. The minimum Gasteiger partial charge on any atom is -0.383 e. The van der Waals surface area contributed by atoms with E-state index in [2.05, 4.69) is 5.32 Å². The number of methoxy groups -OCH3 is 1. The van der Waals surface area contributed by atoms with Crippen LogP contribution in [0.15, 0.2) is 12.1 Å². The molecule has 0 spiro atoms. The zero-order valence-electron chi connectivity index (χ0n) is 8.97. The maximum Gasteiger partial charge on any atom is 0.243 e. The summed E-state index contributed by atoms with van der Waals surface area (Å²) >= 11 is 1.54. The van der Waals surface area contributed by atoms with Gasteiger partial charge in [-0.3, -0.25) is 4.79 Å². The highest BCUT2D eigenvalue weighted by Gasteiger charge is 2.15. The number of hydrogen-bond donors (Lipinski definition) is 2. The second-order valence-electron chi connectivity index (χ2n) is 3.30. The van der Waals surface area contributed by atoms with Crippen molar-refractivity contribution in [1.29, 1.82) is 0 Å². The van der Waals surface area contributed by atoms with Crippen LogP contribution in [-0.2, 0) is 9.53 Å². The Labute approximate surface area is 111 Å². The lowest BCUT2D eigenvalue weighted by Gasteiger charge is -2.11. The van der Waals surface area contributed by atoms with Crippen LogP contribution in [0.1, 0.15) is 0 Å². The van der Waals surface area contributed by atoms with Gasteiger partial charge in [-0.2, -0.15) is 0 Å². The summed E-state index contributed by atoms with van der Waals surface area (Å²) < 4.78 is 30.9. The number of benzene rings is 1. The van der Waals surface area contributed by atoms with Crippen LogP contribution < -0.4 is 11.1 Å². The first-order valence-corrected chi connectivity index (χ1v) is 5.73. The van der Waals surface area contributed by atoms with E-state index in [1.807, 2.05) is 0 Å². The molecule has 1 aromatic rings. The number of amides is 1. The van der Waals surface area contributed by atoms with Crippen LogP contribution in [0.5, 0.6) is 0 Å². The second kappa shape index (κ2) is 6.22. The van der Waals surface area contributed by atoms with Crippen molar-refractivity contribution in [3.8, 4) is 0 Å². The minimum absolute atomic E-state index is 0.0250. The number of ether oxygens (including phenoxy) is 1. The standard InChI is InChI=1S/C10H11F2IN2O2/c1-17-4-8(14)10(16)15-5-2-6(11)9(13)7(12)3-5/h2-3,8H,4,14H2,1H3,(H,15,16). The number of nitrogens with two attached hydrogens (primary N) is 1. The van der Waals surface area contributed by atoms with E-state index in [4.69, 9.17) is 10.5 Å². The Hall–Kier alpha value is -0.800. The lowest BCUT2D eigenvalue weighted by atomic mass is 10.2. The third-order valence-electron chi connectivity index (χ3n) is 1.93. The summed E-state index contributed by atoms with van der Waals surface area (Å²) in [6, 6.07) is 1.18. The van der Waals surface area contributed by atoms with Crippen LogP contribution in [0.2, 0.25) is 0 Å². The van der Waals surface area contributed by atoms with Gasteiger partial charge in [-0.1, -0.05) is 0 Å². The van der Waals surface area contributed by atoms with Crippen LogP contribution in [0.4, 0.5) is 14.5 Å². The Bertz CT molecular complexity index is 406. The van der Waals surface area contributed by atoms with Gasteiger partial charge >= 0.3 is 0 Å². The van der Waals surface area contributed by atoms with Crippen LogP contribution >= 0.6 is 22.6 Å². The molecule has 3 N–H and O–H groups in total. The molecule has 0 fully saturated rings. The van der Waals surface area contributed by atoms with Crippen LogP contribution in [0, 0.1) is 15.2 Å². The summed E-state index contributed by atoms with van der Waals surface area (Å²) in [6.07, 6.45) is 0. The van der Waals surface area contributed by atoms with Crippen molar-refractivity contribution in [2.45, 2.75) is 6.04 Å². The number of anilines is 1. The molecule has 0 bridgehead atoms. The van der Waals surface area contributed by atoms with Gasteiger partial charge in [0.1, 0.15) is 17.7 Å². The van der Waals surface area contributed by atoms with E-state index in [1.54, 1.807) is 0 Å². The van der Waals surface area contributed by atoms with Gasteiger partial charge in [0, 0.05) is 12.8 Å². The molecule has 0 aliphatic carbocycles. The summed E-state index contributed by atoms with van der Waals surface area (Å²) in [5, 5.41) is 2.31. The van der Waals surface area contributed by atoms with Gasteiger partial charge < -0.3 is 15.8 Å². The summed E-state index contributed by atoms with van der Waals surface area (Å²) in [5.74, 6) is -2.03. The van der Waals surface area contributed by atoms with Crippen LogP contribution in [0.3, 0.4) is 0 Å². The Morgan fingerprint density at radius 1 is 1.53 bits per heavy atom. The molecule has 0 saturated heterocycles. The smallest absolute Gasteiger partial charge is 0.243 e. The largest absolute Gasteiger partial charge is 0.383 e. The van der Waals surface area contributed by atoms with Crippen molar-refractivity contribution >= 4 is 34.2 Å². The van der Waals surface area contributed by atoms with Crippen molar-refractivity contribution < 1.29 is 18.3 Å². The third-order valence-corrected chi connectivity index (χ3v) is 2.96.